The van der Waals surface area contributed by atoms with Crippen LogP contribution in [0.15, 0.2) is 60.7 Å². The largest absolute Gasteiger partial charge is 0.493 e. The van der Waals surface area contributed by atoms with E-state index in [4.69, 9.17) is 32.7 Å². The topological polar surface area (TPSA) is 47.6 Å². The predicted molar refractivity (Wildman–Crippen MR) is 132 cm³/mol. The molecule has 1 amide bonds. The van der Waals surface area contributed by atoms with E-state index < -0.39 is 0 Å². The molecule has 3 aromatic carbocycles. The molecule has 0 atom stereocenters. The highest BCUT2D eigenvalue weighted by molar-refractivity contribution is 6.42. The Morgan fingerprint density at radius 2 is 1.66 bits per heavy atom. The minimum absolute atomic E-state index is 0.0546. The Labute approximate surface area is 199 Å². The number of halogens is 2. The van der Waals surface area contributed by atoms with Gasteiger partial charge in [0.05, 0.1) is 16.7 Å². The van der Waals surface area contributed by atoms with Gasteiger partial charge in [-0.3, -0.25) is 4.79 Å². The van der Waals surface area contributed by atoms with Gasteiger partial charge in [0.15, 0.2) is 0 Å². The van der Waals surface area contributed by atoms with Crippen molar-refractivity contribution in [2.45, 2.75) is 39.7 Å². The van der Waals surface area contributed by atoms with Crippen molar-refractivity contribution >= 4 is 34.8 Å². The summed E-state index contributed by atoms with van der Waals surface area (Å²) in [6.45, 7) is 9.15. The molecule has 0 radical (unpaired) electrons. The van der Waals surface area contributed by atoms with Gasteiger partial charge < -0.3 is 14.8 Å². The molecule has 3 aromatic rings. The minimum atomic E-state index is -0.261. The van der Waals surface area contributed by atoms with Crippen LogP contribution in [0.4, 0.5) is 5.69 Å². The lowest BCUT2D eigenvalue weighted by Crippen LogP contribution is -2.14. The molecule has 0 saturated heterocycles. The highest BCUT2D eigenvalue weighted by atomic mass is 35.5. The lowest BCUT2D eigenvalue weighted by molar-refractivity contribution is 0.102. The summed E-state index contributed by atoms with van der Waals surface area (Å²) in [4.78, 5) is 12.8. The number of benzene rings is 3. The summed E-state index contributed by atoms with van der Waals surface area (Å²) in [5, 5.41) is 3.65. The molecule has 0 saturated carbocycles. The molecule has 0 bridgehead atoms. The molecule has 6 heteroatoms. The van der Waals surface area contributed by atoms with Gasteiger partial charge >= 0.3 is 0 Å². The predicted octanol–water partition coefficient (Wildman–Crippen LogP) is 7.52. The van der Waals surface area contributed by atoms with Crippen LogP contribution >= 0.6 is 23.2 Å². The zero-order valence-corrected chi connectivity index (χ0v) is 20.2. The van der Waals surface area contributed by atoms with Crippen LogP contribution in [-0.4, -0.2) is 12.5 Å². The molecule has 0 aliphatic rings. The normalized spacial score (nSPS) is 11.2. The molecule has 3 rings (SSSR count). The summed E-state index contributed by atoms with van der Waals surface area (Å²) in [7, 11) is 0. The highest BCUT2D eigenvalue weighted by Gasteiger charge is 2.19. The number of amides is 1. The van der Waals surface area contributed by atoms with E-state index in [1.165, 1.54) is 0 Å². The summed E-state index contributed by atoms with van der Waals surface area (Å²) in [6.07, 6.45) is 0. The van der Waals surface area contributed by atoms with Crippen LogP contribution in [0.25, 0.3) is 0 Å². The Morgan fingerprint density at radius 3 is 2.34 bits per heavy atom. The molecule has 4 nitrogen and oxygen atoms in total. The maximum Gasteiger partial charge on any atom is 0.255 e. The second kappa shape index (κ2) is 10.3. The SMILES string of the molecule is CCOc1ccc(C(=O)Nc2ccc(Cl)c(Cl)c2)cc1COc1ccccc1C(C)(C)C. The molecule has 1 N–H and O–H groups in total. The number of carbonyl (C=O) groups is 1. The molecule has 0 heterocycles. The van der Waals surface area contributed by atoms with E-state index in [0.29, 0.717) is 33.7 Å². The van der Waals surface area contributed by atoms with Gasteiger partial charge in [-0.1, -0.05) is 62.2 Å². The number of ether oxygens (including phenoxy) is 2. The first-order valence-electron chi connectivity index (χ1n) is 10.4. The third-order valence-electron chi connectivity index (χ3n) is 4.88. The van der Waals surface area contributed by atoms with E-state index in [2.05, 4.69) is 32.2 Å². The Morgan fingerprint density at radius 1 is 0.906 bits per heavy atom. The monoisotopic (exact) mass is 471 g/mol. The van der Waals surface area contributed by atoms with E-state index in [1.807, 2.05) is 25.1 Å². The lowest BCUT2D eigenvalue weighted by atomic mass is 9.86. The summed E-state index contributed by atoms with van der Waals surface area (Å²) in [6, 6.07) is 18.3. The van der Waals surface area contributed by atoms with Gasteiger partial charge in [-0.15, -0.1) is 0 Å². The Hall–Kier alpha value is -2.69. The number of hydrogen-bond acceptors (Lipinski definition) is 3. The van der Waals surface area contributed by atoms with Crippen LogP contribution in [0.1, 0.15) is 49.2 Å². The smallest absolute Gasteiger partial charge is 0.255 e. The zero-order valence-electron chi connectivity index (χ0n) is 18.7. The second-order valence-corrected chi connectivity index (χ2v) is 9.19. The van der Waals surface area contributed by atoms with Crippen molar-refractivity contribution < 1.29 is 14.3 Å². The molecule has 168 valence electrons. The second-order valence-electron chi connectivity index (χ2n) is 8.37. The lowest BCUT2D eigenvalue weighted by Gasteiger charge is -2.23. The summed E-state index contributed by atoms with van der Waals surface area (Å²) in [5.74, 6) is 1.24. The van der Waals surface area contributed by atoms with Gasteiger partial charge in [0.2, 0.25) is 0 Å². The third-order valence-corrected chi connectivity index (χ3v) is 5.62. The van der Waals surface area contributed by atoms with Crippen LogP contribution < -0.4 is 14.8 Å². The van der Waals surface area contributed by atoms with Crippen molar-refractivity contribution in [2.24, 2.45) is 0 Å². The van der Waals surface area contributed by atoms with Gasteiger partial charge in [0.25, 0.3) is 5.91 Å². The van der Waals surface area contributed by atoms with Crippen molar-refractivity contribution in [3.05, 3.63) is 87.4 Å². The molecule has 0 unspecified atom stereocenters. The number of carbonyl (C=O) groups excluding carboxylic acids is 1. The van der Waals surface area contributed by atoms with Crippen LogP contribution in [0.2, 0.25) is 10.0 Å². The fraction of sp³-hybridized carbons (Fsp3) is 0.269. The maximum atomic E-state index is 12.8. The fourth-order valence-corrected chi connectivity index (χ4v) is 3.57. The van der Waals surface area contributed by atoms with Crippen molar-refractivity contribution in [1.82, 2.24) is 0 Å². The first-order valence-corrected chi connectivity index (χ1v) is 11.2. The number of rotatable bonds is 7. The first-order chi connectivity index (χ1) is 15.2. The molecule has 0 aromatic heterocycles. The van der Waals surface area contributed by atoms with Crippen LogP contribution in [0.3, 0.4) is 0 Å². The third kappa shape index (κ3) is 5.96. The van der Waals surface area contributed by atoms with Gasteiger partial charge in [0.1, 0.15) is 18.1 Å². The van der Waals surface area contributed by atoms with E-state index in [1.54, 1.807) is 36.4 Å². The molecule has 0 spiro atoms. The molecule has 0 aliphatic carbocycles. The van der Waals surface area contributed by atoms with E-state index in [9.17, 15) is 4.79 Å². The van der Waals surface area contributed by atoms with Crippen molar-refractivity contribution in [3.63, 3.8) is 0 Å². The molecule has 0 aliphatic heterocycles. The highest BCUT2D eigenvalue weighted by Crippen LogP contribution is 2.32. The van der Waals surface area contributed by atoms with E-state index in [-0.39, 0.29) is 17.9 Å². The standard InChI is InChI=1S/C26H27Cl2NO3/c1-5-31-23-13-10-17(25(30)29-19-11-12-21(27)22(28)15-19)14-18(23)16-32-24-9-7-6-8-20(24)26(2,3)4/h6-15H,5,16H2,1-4H3,(H,29,30). The van der Waals surface area contributed by atoms with E-state index in [0.717, 1.165) is 16.9 Å². The number of anilines is 1. The quantitative estimate of drug-likeness (QED) is 0.387. The Balaban J connectivity index is 1.83. The summed E-state index contributed by atoms with van der Waals surface area (Å²) >= 11 is 12.0. The minimum Gasteiger partial charge on any atom is -0.493 e. The Kier molecular flexibility index (Phi) is 7.70. The van der Waals surface area contributed by atoms with Crippen LogP contribution in [0.5, 0.6) is 11.5 Å². The molecular formula is C26H27Cl2NO3. The fourth-order valence-electron chi connectivity index (χ4n) is 3.27. The Bertz CT molecular complexity index is 1110. The first kappa shape index (κ1) is 24.0. The van der Waals surface area contributed by atoms with Gasteiger partial charge in [0, 0.05) is 16.8 Å². The average molecular weight is 472 g/mol. The van der Waals surface area contributed by atoms with Crippen molar-refractivity contribution in [3.8, 4) is 11.5 Å². The summed E-state index contributed by atoms with van der Waals surface area (Å²) < 4.78 is 11.9. The van der Waals surface area contributed by atoms with Crippen LogP contribution in [0, 0.1) is 0 Å². The van der Waals surface area contributed by atoms with Gasteiger partial charge in [-0.05, 0) is 60.4 Å². The summed E-state index contributed by atoms with van der Waals surface area (Å²) in [5.41, 5.74) is 2.90. The number of nitrogens with one attached hydrogen (secondary N) is 1. The van der Waals surface area contributed by atoms with Crippen LogP contribution in [-0.2, 0) is 12.0 Å². The maximum absolute atomic E-state index is 12.8. The molecule has 0 fully saturated rings. The van der Waals surface area contributed by atoms with E-state index >= 15 is 0 Å². The number of para-hydroxylation sites is 1. The van der Waals surface area contributed by atoms with Crippen molar-refractivity contribution in [1.29, 1.82) is 0 Å². The van der Waals surface area contributed by atoms with Gasteiger partial charge in [-0.2, -0.15) is 0 Å². The molecule has 32 heavy (non-hydrogen) atoms. The molecular weight excluding hydrogens is 445 g/mol. The average Bonchev–Trinajstić information content (AvgIpc) is 2.75. The van der Waals surface area contributed by atoms with Crippen molar-refractivity contribution in [2.75, 3.05) is 11.9 Å². The number of hydrogen-bond donors (Lipinski definition) is 1. The zero-order chi connectivity index (χ0) is 23.3. The van der Waals surface area contributed by atoms with Gasteiger partial charge in [-0.25, -0.2) is 0 Å².